The number of amides is 1. The first-order valence-electron chi connectivity index (χ1n) is 4.89. The number of alkyl halides is 1. The highest BCUT2D eigenvalue weighted by Gasteiger charge is 2.31. The summed E-state index contributed by atoms with van der Waals surface area (Å²) in [6, 6.07) is 0. The smallest absolute Gasteiger partial charge is 0.222 e. The Labute approximate surface area is 85.2 Å². The Kier molecular flexibility index (Phi) is 3.60. The first kappa shape index (κ1) is 10.8. The molecule has 1 saturated heterocycles. The topological polar surface area (TPSA) is 20.3 Å². The van der Waals surface area contributed by atoms with Crippen molar-refractivity contribution in [1.29, 1.82) is 0 Å². The van der Waals surface area contributed by atoms with Crippen molar-refractivity contribution < 1.29 is 4.79 Å². The summed E-state index contributed by atoms with van der Waals surface area (Å²) in [5.74, 6) is 0.856. The molecule has 1 rings (SSSR count). The summed E-state index contributed by atoms with van der Waals surface area (Å²) in [4.78, 5) is 13.5. The molecule has 76 valence electrons. The van der Waals surface area contributed by atoms with Gasteiger partial charge in [0.25, 0.3) is 0 Å². The number of hydrogen-bond acceptors (Lipinski definition) is 1. The van der Waals surface area contributed by atoms with E-state index in [9.17, 15) is 4.79 Å². The Morgan fingerprint density at radius 3 is 2.69 bits per heavy atom. The molecule has 0 aromatic carbocycles. The van der Waals surface area contributed by atoms with Crippen molar-refractivity contribution in [2.75, 3.05) is 19.0 Å². The summed E-state index contributed by atoms with van der Waals surface area (Å²) >= 11 is 5.54. The number of halogens is 1. The molecule has 2 nitrogen and oxygen atoms in total. The Morgan fingerprint density at radius 2 is 2.23 bits per heavy atom. The summed E-state index contributed by atoms with van der Waals surface area (Å²) in [5, 5.41) is 0. The molecule has 0 radical (unpaired) electrons. The highest BCUT2D eigenvalue weighted by Crippen LogP contribution is 2.29. The maximum Gasteiger partial charge on any atom is 0.222 e. The van der Waals surface area contributed by atoms with Crippen LogP contribution < -0.4 is 0 Å². The zero-order valence-electron chi connectivity index (χ0n) is 8.48. The minimum absolute atomic E-state index is 0.270. The van der Waals surface area contributed by atoms with Crippen molar-refractivity contribution in [3.05, 3.63) is 0 Å². The quantitative estimate of drug-likeness (QED) is 0.645. The second-order valence-corrected chi connectivity index (χ2v) is 4.90. The van der Waals surface area contributed by atoms with Crippen LogP contribution in [-0.2, 0) is 4.79 Å². The van der Waals surface area contributed by atoms with Gasteiger partial charge in [-0.15, -0.1) is 11.6 Å². The van der Waals surface area contributed by atoms with E-state index in [4.69, 9.17) is 11.6 Å². The van der Waals surface area contributed by atoms with Crippen molar-refractivity contribution in [3.8, 4) is 0 Å². The highest BCUT2D eigenvalue weighted by atomic mass is 35.5. The van der Waals surface area contributed by atoms with Gasteiger partial charge in [0.15, 0.2) is 0 Å². The molecule has 0 aromatic heterocycles. The molecule has 0 aromatic rings. The molecule has 0 atom stereocenters. The molecule has 0 spiro atoms. The van der Waals surface area contributed by atoms with Crippen LogP contribution in [0.15, 0.2) is 0 Å². The van der Waals surface area contributed by atoms with Gasteiger partial charge in [-0.05, 0) is 18.3 Å². The van der Waals surface area contributed by atoms with E-state index in [1.807, 2.05) is 4.90 Å². The van der Waals surface area contributed by atoms with Crippen molar-refractivity contribution in [1.82, 2.24) is 4.90 Å². The van der Waals surface area contributed by atoms with Crippen LogP contribution >= 0.6 is 11.6 Å². The maximum atomic E-state index is 11.6. The van der Waals surface area contributed by atoms with Crippen molar-refractivity contribution in [2.45, 2.75) is 33.1 Å². The van der Waals surface area contributed by atoms with E-state index in [-0.39, 0.29) is 5.91 Å². The highest BCUT2D eigenvalue weighted by molar-refractivity contribution is 6.17. The molecular weight excluding hydrogens is 186 g/mol. The second kappa shape index (κ2) is 4.32. The van der Waals surface area contributed by atoms with E-state index in [0.29, 0.717) is 17.7 Å². The molecule has 1 heterocycles. The van der Waals surface area contributed by atoms with Crippen LogP contribution in [0.2, 0.25) is 0 Å². The summed E-state index contributed by atoms with van der Waals surface area (Å²) < 4.78 is 0. The molecule has 0 saturated carbocycles. The van der Waals surface area contributed by atoms with Crippen LogP contribution in [0.5, 0.6) is 0 Å². The molecule has 1 amide bonds. The molecule has 1 fully saturated rings. The third-order valence-corrected chi connectivity index (χ3v) is 2.82. The third-order valence-electron chi connectivity index (χ3n) is 2.55. The Bertz CT molecular complexity index is 191. The average molecular weight is 204 g/mol. The van der Waals surface area contributed by atoms with Crippen LogP contribution in [0.3, 0.4) is 0 Å². The minimum atomic E-state index is 0.270. The van der Waals surface area contributed by atoms with Gasteiger partial charge in [0.05, 0.1) is 0 Å². The molecular formula is C10H18ClNO. The van der Waals surface area contributed by atoms with Crippen LogP contribution in [0.25, 0.3) is 0 Å². The van der Waals surface area contributed by atoms with Gasteiger partial charge >= 0.3 is 0 Å². The van der Waals surface area contributed by atoms with E-state index in [2.05, 4.69) is 13.8 Å². The monoisotopic (exact) mass is 203 g/mol. The van der Waals surface area contributed by atoms with Gasteiger partial charge in [-0.3, -0.25) is 4.79 Å². The fourth-order valence-corrected chi connectivity index (χ4v) is 1.84. The van der Waals surface area contributed by atoms with Gasteiger partial charge in [-0.2, -0.15) is 0 Å². The number of hydrogen-bond donors (Lipinski definition) is 0. The third kappa shape index (κ3) is 3.18. The Balaban J connectivity index is 2.33. The van der Waals surface area contributed by atoms with Gasteiger partial charge in [0.1, 0.15) is 0 Å². The number of carbonyl (C=O) groups is 1. The lowest BCUT2D eigenvalue weighted by atomic mass is 9.93. The fourth-order valence-electron chi connectivity index (χ4n) is 1.70. The zero-order valence-corrected chi connectivity index (χ0v) is 9.23. The molecule has 3 heteroatoms. The summed E-state index contributed by atoms with van der Waals surface area (Å²) in [5.41, 5.74) is 0.316. The maximum absolute atomic E-state index is 11.6. The van der Waals surface area contributed by atoms with E-state index < -0.39 is 0 Å². The summed E-state index contributed by atoms with van der Waals surface area (Å²) in [6.45, 7) is 6.26. The van der Waals surface area contributed by atoms with Crippen molar-refractivity contribution in [3.63, 3.8) is 0 Å². The first-order chi connectivity index (χ1) is 6.05. The van der Waals surface area contributed by atoms with Crippen molar-refractivity contribution >= 4 is 17.5 Å². The molecule has 1 aliphatic heterocycles. The minimum Gasteiger partial charge on any atom is -0.342 e. The number of carbonyl (C=O) groups excluding carboxylic acids is 1. The number of likely N-dealkylation sites (tertiary alicyclic amines) is 1. The standard InChI is InChI=1S/C10H18ClNO/c1-10(2)5-7-12(8-10)9(13)4-3-6-11/h3-8H2,1-2H3. The second-order valence-electron chi connectivity index (χ2n) is 4.52. The van der Waals surface area contributed by atoms with Gasteiger partial charge in [-0.25, -0.2) is 0 Å². The van der Waals surface area contributed by atoms with Gasteiger partial charge in [-0.1, -0.05) is 13.8 Å². The summed E-state index contributed by atoms with van der Waals surface area (Å²) in [6.07, 6.45) is 2.54. The van der Waals surface area contributed by atoms with E-state index in [0.717, 1.165) is 25.9 Å². The Morgan fingerprint density at radius 1 is 1.54 bits per heavy atom. The molecule has 1 aliphatic rings. The molecule has 0 unspecified atom stereocenters. The van der Waals surface area contributed by atoms with Gasteiger partial charge in [0, 0.05) is 25.4 Å². The molecule has 0 N–H and O–H groups in total. The molecule has 0 bridgehead atoms. The summed E-state index contributed by atoms with van der Waals surface area (Å²) in [7, 11) is 0. The average Bonchev–Trinajstić information content (AvgIpc) is 2.42. The normalized spacial score (nSPS) is 20.7. The van der Waals surface area contributed by atoms with Crippen LogP contribution in [-0.4, -0.2) is 29.8 Å². The van der Waals surface area contributed by atoms with E-state index in [1.165, 1.54) is 0 Å². The molecule has 13 heavy (non-hydrogen) atoms. The fraction of sp³-hybridized carbons (Fsp3) is 0.900. The lowest BCUT2D eigenvalue weighted by Gasteiger charge is -2.19. The van der Waals surface area contributed by atoms with Gasteiger partial charge in [0.2, 0.25) is 5.91 Å². The van der Waals surface area contributed by atoms with E-state index in [1.54, 1.807) is 0 Å². The predicted molar refractivity (Wildman–Crippen MR) is 54.9 cm³/mol. The lowest BCUT2D eigenvalue weighted by molar-refractivity contribution is -0.130. The Hall–Kier alpha value is -0.240. The lowest BCUT2D eigenvalue weighted by Crippen LogP contribution is -2.30. The van der Waals surface area contributed by atoms with E-state index >= 15 is 0 Å². The number of rotatable bonds is 3. The zero-order chi connectivity index (χ0) is 9.90. The first-order valence-corrected chi connectivity index (χ1v) is 5.42. The largest absolute Gasteiger partial charge is 0.342 e. The van der Waals surface area contributed by atoms with Crippen LogP contribution in [0, 0.1) is 5.41 Å². The van der Waals surface area contributed by atoms with Crippen LogP contribution in [0.1, 0.15) is 33.1 Å². The number of nitrogens with zero attached hydrogens (tertiary/aromatic N) is 1. The van der Waals surface area contributed by atoms with Crippen LogP contribution in [0.4, 0.5) is 0 Å². The van der Waals surface area contributed by atoms with Gasteiger partial charge < -0.3 is 4.90 Å². The molecule has 0 aliphatic carbocycles. The predicted octanol–water partition coefficient (Wildman–Crippen LogP) is 2.26. The van der Waals surface area contributed by atoms with Crippen molar-refractivity contribution in [2.24, 2.45) is 5.41 Å². The SMILES string of the molecule is CC1(C)CCN(C(=O)CCCCl)C1.